The summed E-state index contributed by atoms with van der Waals surface area (Å²) in [5.41, 5.74) is 0. The number of hydrogen-bond donors (Lipinski definition) is 0. The fourth-order valence-electron chi connectivity index (χ4n) is 1.11. The van der Waals surface area contributed by atoms with Gasteiger partial charge < -0.3 is 37.2 Å². The summed E-state index contributed by atoms with van der Waals surface area (Å²) in [5.74, 6) is 0. The van der Waals surface area contributed by atoms with E-state index in [1.54, 1.807) is 0 Å². The second-order valence-corrected chi connectivity index (χ2v) is 2.74. The third kappa shape index (κ3) is 4.59. The van der Waals surface area contributed by atoms with E-state index in [0.717, 1.165) is 5.02 Å². The molecular weight excluding hydrogens is 341 g/mol. The van der Waals surface area contributed by atoms with Gasteiger partial charge in [-0.3, -0.25) is 0 Å². The van der Waals surface area contributed by atoms with Crippen molar-refractivity contribution < 1.29 is 63.4 Å². The molecular formula is C9H6Cl4Zr. The minimum Gasteiger partial charge on any atom is -1.00 e. The minimum absolute atomic E-state index is 0. The molecule has 2 aromatic rings. The van der Waals surface area contributed by atoms with E-state index in [4.69, 9.17) is 11.6 Å². The molecule has 0 saturated carbocycles. The van der Waals surface area contributed by atoms with Crippen LogP contribution in [0.2, 0.25) is 5.02 Å². The van der Waals surface area contributed by atoms with Crippen molar-refractivity contribution in [2.75, 3.05) is 0 Å². The number of fused-ring (bicyclic) bond motifs is 1. The summed E-state index contributed by atoms with van der Waals surface area (Å²) in [6.07, 6.45) is 0. The van der Waals surface area contributed by atoms with Crippen LogP contribution in [0.25, 0.3) is 10.8 Å². The van der Waals surface area contributed by atoms with Gasteiger partial charge in [0.1, 0.15) is 0 Å². The van der Waals surface area contributed by atoms with Crippen LogP contribution < -0.4 is 37.2 Å². The molecule has 74 valence electrons. The van der Waals surface area contributed by atoms with Gasteiger partial charge in [-0.05, 0) is 5.02 Å². The molecule has 0 atom stereocenters. The first-order valence-electron chi connectivity index (χ1n) is 3.17. The summed E-state index contributed by atoms with van der Waals surface area (Å²) in [5, 5.41) is 3.25. The van der Waals surface area contributed by atoms with Crippen molar-refractivity contribution in [3.8, 4) is 0 Å². The van der Waals surface area contributed by atoms with E-state index >= 15 is 0 Å². The van der Waals surface area contributed by atoms with Gasteiger partial charge in [0.25, 0.3) is 0 Å². The van der Waals surface area contributed by atoms with Gasteiger partial charge in [-0.2, -0.15) is 0 Å². The Bertz CT molecular complexity index is 325. The molecule has 0 saturated heterocycles. The molecule has 0 radical (unpaired) electrons. The van der Waals surface area contributed by atoms with Crippen molar-refractivity contribution in [3.05, 3.63) is 41.4 Å². The zero-order valence-electron chi connectivity index (χ0n) is 6.98. The predicted molar refractivity (Wildman–Crippen MR) is 44.6 cm³/mol. The molecule has 14 heavy (non-hydrogen) atoms. The predicted octanol–water partition coefficient (Wildman–Crippen LogP) is -5.78. The fourth-order valence-corrected chi connectivity index (χ4v) is 1.35. The summed E-state index contributed by atoms with van der Waals surface area (Å²) < 4.78 is 0. The molecule has 0 amide bonds. The maximum absolute atomic E-state index is 5.78. The first kappa shape index (κ1) is 20.3. The van der Waals surface area contributed by atoms with Crippen molar-refractivity contribution in [3.63, 3.8) is 0 Å². The van der Waals surface area contributed by atoms with Crippen LogP contribution >= 0.6 is 11.6 Å². The number of halogens is 4. The van der Waals surface area contributed by atoms with E-state index in [9.17, 15) is 0 Å². The van der Waals surface area contributed by atoms with Crippen LogP contribution in [0.3, 0.4) is 0 Å². The van der Waals surface area contributed by atoms with Gasteiger partial charge in [-0.25, -0.2) is 0 Å². The maximum atomic E-state index is 5.78. The summed E-state index contributed by atoms with van der Waals surface area (Å²) in [7, 11) is 0. The summed E-state index contributed by atoms with van der Waals surface area (Å²) in [6.45, 7) is 0. The van der Waals surface area contributed by atoms with E-state index in [1.807, 2.05) is 24.3 Å². The third-order valence-corrected chi connectivity index (χ3v) is 1.80. The van der Waals surface area contributed by atoms with Crippen LogP contribution in [0.15, 0.2) is 36.4 Å². The quantitative estimate of drug-likeness (QED) is 0.417. The Hall–Kier alpha value is 0.873. The Morgan fingerprint density at radius 3 is 2.14 bits per heavy atom. The van der Waals surface area contributed by atoms with Crippen molar-refractivity contribution in [1.29, 1.82) is 0 Å². The van der Waals surface area contributed by atoms with E-state index in [-0.39, 0.29) is 63.4 Å². The van der Waals surface area contributed by atoms with E-state index < -0.39 is 0 Å². The number of rotatable bonds is 0. The van der Waals surface area contributed by atoms with Crippen molar-refractivity contribution in [2.45, 2.75) is 0 Å². The van der Waals surface area contributed by atoms with Gasteiger partial charge in [0, 0.05) is 0 Å². The Kier molecular flexibility index (Phi) is 13.2. The molecule has 2 rings (SSSR count). The normalized spacial score (nSPS) is 7.50. The zero-order valence-corrected chi connectivity index (χ0v) is 12.5. The van der Waals surface area contributed by atoms with Crippen molar-refractivity contribution >= 4 is 22.4 Å². The van der Waals surface area contributed by atoms with Crippen LogP contribution in [0.4, 0.5) is 0 Å². The smallest absolute Gasteiger partial charge is 1.00 e. The molecule has 0 spiro atoms. The molecule has 0 N–H and O–H groups in total. The van der Waals surface area contributed by atoms with Gasteiger partial charge in [-0.15, -0.1) is 52.7 Å². The van der Waals surface area contributed by atoms with Crippen LogP contribution in [-0.2, 0) is 26.2 Å². The van der Waals surface area contributed by atoms with E-state index in [2.05, 4.69) is 12.1 Å². The summed E-state index contributed by atoms with van der Waals surface area (Å²) >= 11 is 5.78. The molecule has 2 aromatic carbocycles. The van der Waals surface area contributed by atoms with Crippen LogP contribution in [0.1, 0.15) is 0 Å². The molecule has 0 unspecified atom stereocenters. The van der Waals surface area contributed by atoms with Gasteiger partial charge in [0.2, 0.25) is 0 Å². The van der Waals surface area contributed by atoms with Gasteiger partial charge in [0.05, 0.1) is 0 Å². The minimum atomic E-state index is 0. The topological polar surface area (TPSA) is 0 Å². The molecule has 0 aromatic heterocycles. The first-order valence-corrected chi connectivity index (χ1v) is 3.55. The molecule has 0 fully saturated rings. The average Bonchev–Trinajstić information content (AvgIpc) is 2.27. The van der Waals surface area contributed by atoms with E-state index in [1.165, 1.54) is 10.8 Å². The molecule has 0 bridgehead atoms. The summed E-state index contributed by atoms with van der Waals surface area (Å²) in [6, 6.07) is 12.1. The summed E-state index contributed by atoms with van der Waals surface area (Å²) in [4.78, 5) is 0. The fraction of sp³-hybridized carbons (Fsp3) is 0. The molecule has 5 heteroatoms. The average molecular weight is 347 g/mol. The molecule has 0 nitrogen and oxygen atoms in total. The van der Waals surface area contributed by atoms with Crippen LogP contribution in [-0.4, -0.2) is 0 Å². The molecule has 0 aliphatic rings. The standard InChI is InChI=1S/C9H6Cl.3ClH.Zr/c10-9-5-7-3-1-2-4-8(7)6-9;;;;/h1-6H;3*1H;/q-1;;;;+4/p-3. The molecule has 0 aliphatic carbocycles. The Morgan fingerprint density at radius 2 is 1.57 bits per heavy atom. The monoisotopic (exact) mass is 344 g/mol. The van der Waals surface area contributed by atoms with E-state index in [0.29, 0.717) is 0 Å². The van der Waals surface area contributed by atoms with Crippen LogP contribution in [0, 0.1) is 0 Å². The Balaban J connectivity index is -0.000000302. The Labute approximate surface area is 126 Å². The first-order chi connectivity index (χ1) is 4.86. The second-order valence-electron chi connectivity index (χ2n) is 2.30. The zero-order chi connectivity index (χ0) is 6.97. The molecule has 0 aliphatic heterocycles. The number of hydrogen-bond acceptors (Lipinski definition) is 0. The molecule has 0 heterocycles. The van der Waals surface area contributed by atoms with Gasteiger partial charge >= 0.3 is 26.2 Å². The SMILES string of the molecule is Clc1cc2ccccc2[cH-]1.[Cl-].[Cl-].[Cl-].[Zr+4]. The van der Waals surface area contributed by atoms with Crippen molar-refractivity contribution in [1.82, 2.24) is 0 Å². The van der Waals surface area contributed by atoms with Crippen molar-refractivity contribution in [2.24, 2.45) is 0 Å². The Morgan fingerprint density at radius 1 is 1.00 bits per heavy atom. The third-order valence-electron chi connectivity index (χ3n) is 1.58. The van der Waals surface area contributed by atoms with Gasteiger partial charge in [0.15, 0.2) is 0 Å². The second kappa shape index (κ2) is 9.12. The largest absolute Gasteiger partial charge is 4.00 e. The number of benzene rings is 1. The maximum Gasteiger partial charge on any atom is 4.00 e. The van der Waals surface area contributed by atoms with Gasteiger partial charge in [-0.1, -0.05) is 6.07 Å². The van der Waals surface area contributed by atoms with Crippen LogP contribution in [0.5, 0.6) is 0 Å².